The van der Waals surface area contributed by atoms with Gasteiger partial charge in [-0.05, 0) is 52.6 Å². The zero-order valence-electron chi connectivity index (χ0n) is 10.7. The summed E-state index contributed by atoms with van der Waals surface area (Å²) in [6, 6.07) is 0.675. The molecule has 0 aromatic rings. The zero-order valence-corrected chi connectivity index (χ0v) is 10.7. The van der Waals surface area contributed by atoms with Gasteiger partial charge in [0.15, 0.2) is 0 Å². The molecule has 2 heteroatoms. The maximum atomic E-state index is 3.33. The molecule has 90 valence electrons. The number of nitrogens with one attached hydrogen (secondary N) is 1. The molecular weight excluding hydrogens is 196 g/mol. The average molecular weight is 220 g/mol. The molecule has 1 unspecified atom stereocenters. The van der Waals surface area contributed by atoms with Gasteiger partial charge in [-0.3, -0.25) is 0 Å². The van der Waals surface area contributed by atoms with Crippen molar-refractivity contribution < 1.29 is 0 Å². The van der Waals surface area contributed by atoms with E-state index in [-0.39, 0.29) is 0 Å². The van der Waals surface area contributed by atoms with E-state index in [1.165, 1.54) is 18.4 Å². The van der Waals surface area contributed by atoms with Crippen LogP contribution in [0.2, 0.25) is 0 Å². The van der Waals surface area contributed by atoms with Crippen LogP contribution in [0.1, 0.15) is 26.2 Å². The fraction of sp³-hybridized carbons (Fsp3) is 0.571. The summed E-state index contributed by atoms with van der Waals surface area (Å²) in [5.74, 6) is 0. The Kier molecular flexibility index (Phi) is 5.94. The van der Waals surface area contributed by atoms with Crippen LogP contribution in [0.5, 0.6) is 0 Å². The second kappa shape index (κ2) is 7.29. The molecule has 0 radical (unpaired) electrons. The van der Waals surface area contributed by atoms with Crippen LogP contribution in [0, 0.1) is 0 Å². The molecule has 0 saturated heterocycles. The highest BCUT2D eigenvalue weighted by molar-refractivity contribution is 5.21. The van der Waals surface area contributed by atoms with Gasteiger partial charge in [0.25, 0.3) is 0 Å². The molecule has 2 nitrogen and oxygen atoms in total. The van der Waals surface area contributed by atoms with E-state index in [9.17, 15) is 0 Å². The first-order valence-electron chi connectivity index (χ1n) is 6.10. The summed E-state index contributed by atoms with van der Waals surface area (Å²) in [6.45, 7) is 3.19. The highest BCUT2D eigenvalue weighted by Crippen LogP contribution is 2.09. The monoisotopic (exact) mass is 220 g/mol. The van der Waals surface area contributed by atoms with E-state index in [1.54, 1.807) is 0 Å². The summed E-state index contributed by atoms with van der Waals surface area (Å²) in [7, 11) is 4.34. The van der Waals surface area contributed by atoms with E-state index >= 15 is 0 Å². The summed E-state index contributed by atoms with van der Waals surface area (Å²) < 4.78 is 0. The smallest absolute Gasteiger partial charge is 0.0156 e. The van der Waals surface area contributed by atoms with Crippen LogP contribution >= 0.6 is 0 Å². The summed E-state index contributed by atoms with van der Waals surface area (Å²) in [5, 5.41) is 3.33. The SMILES string of the molecule is CC1=C/C=C/NCCC(N(C)C)CC/C=C\1. The Balaban J connectivity index is 2.58. The molecule has 0 saturated carbocycles. The third-order valence-corrected chi connectivity index (χ3v) is 2.97. The minimum atomic E-state index is 0.675. The fourth-order valence-electron chi connectivity index (χ4n) is 1.88. The van der Waals surface area contributed by atoms with Gasteiger partial charge in [0.05, 0.1) is 0 Å². The van der Waals surface area contributed by atoms with Crippen molar-refractivity contribution in [3.8, 4) is 0 Å². The normalized spacial score (nSPS) is 30.5. The van der Waals surface area contributed by atoms with Crippen LogP contribution in [0.25, 0.3) is 0 Å². The standard InChI is InChI=1S/C14H24N2/c1-13-7-4-5-9-14(16(2)3)10-12-15-11-6-8-13/h4,6-8,11,14-15H,5,9-10,12H2,1-3H3/b7-4-,11-6+,13-8-. The van der Waals surface area contributed by atoms with Gasteiger partial charge in [-0.1, -0.05) is 23.8 Å². The van der Waals surface area contributed by atoms with Crippen molar-refractivity contribution >= 4 is 0 Å². The fourth-order valence-corrected chi connectivity index (χ4v) is 1.88. The number of rotatable bonds is 1. The van der Waals surface area contributed by atoms with Crippen molar-refractivity contribution in [1.82, 2.24) is 10.2 Å². The first kappa shape index (κ1) is 13.0. The Labute approximate surface area is 99.7 Å². The highest BCUT2D eigenvalue weighted by atomic mass is 15.1. The Bertz CT molecular complexity index is 274. The summed E-state index contributed by atoms with van der Waals surface area (Å²) >= 11 is 0. The van der Waals surface area contributed by atoms with Crippen molar-refractivity contribution in [3.05, 3.63) is 36.1 Å². The van der Waals surface area contributed by atoms with Gasteiger partial charge in [0.2, 0.25) is 0 Å². The minimum absolute atomic E-state index is 0.675. The lowest BCUT2D eigenvalue weighted by Gasteiger charge is -2.23. The molecule has 0 aromatic carbocycles. The Hall–Kier alpha value is -1.02. The van der Waals surface area contributed by atoms with Crippen LogP contribution in [0.15, 0.2) is 36.1 Å². The lowest BCUT2D eigenvalue weighted by Crippen LogP contribution is -2.30. The van der Waals surface area contributed by atoms with E-state index in [1.807, 2.05) is 6.20 Å². The molecule has 0 aliphatic carbocycles. The molecule has 1 aliphatic rings. The number of hydrogen-bond donors (Lipinski definition) is 1. The van der Waals surface area contributed by atoms with Crippen molar-refractivity contribution in [1.29, 1.82) is 0 Å². The summed E-state index contributed by atoms with van der Waals surface area (Å²) in [6.07, 6.45) is 14.3. The second-order valence-corrected chi connectivity index (χ2v) is 4.61. The first-order chi connectivity index (χ1) is 7.70. The topological polar surface area (TPSA) is 15.3 Å². The van der Waals surface area contributed by atoms with Crippen molar-refractivity contribution in [2.24, 2.45) is 0 Å². The molecule has 16 heavy (non-hydrogen) atoms. The van der Waals surface area contributed by atoms with E-state index in [0.717, 1.165) is 13.0 Å². The van der Waals surface area contributed by atoms with E-state index in [0.29, 0.717) is 6.04 Å². The Morgan fingerprint density at radius 3 is 2.88 bits per heavy atom. The van der Waals surface area contributed by atoms with Gasteiger partial charge in [0.1, 0.15) is 0 Å². The van der Waals surface area contributed by atoms with Crippen LogP contribution in [0.4, 0.5) is 0 Å². The van der Waals surface area contributed by atoms with Crippen molar-refractivity contribution in [2.45, 2.75) is 32.2 Å². The first-order valence-corrected chi connectivity index (χ1v) is 6.10. The third-order valence-electron chi connectivity index (χ3n) is 2.97. The molecule has 1 N–H and O–H groups in total. The molecule has 0 spiro atoms. The lowest BCUT2D eigenvalue weighted by molar-refractivity contribution is 0.265. The second-order valence-electron chi connectivity index (χ2n) is 4.61. The van der Waals surface area contributed by atoms with E-state index < -0.39 is 0 Å². The largest absolute Gasteiger partial charge is 0.391 e. The quantitative estimate of drug-likeness (QED) is 0.731. The maximum Gasteiger partial charge on any atom is 0.0156 e. The van der Waals surface area contributed by atoms with Gasteiger partial charge in [-0.2, -0.15) is 0 Å². The van der Waals surface area contributed by atoms with Gasteiger partial charge >= 0.3 is 0 Å². The molecule has 1 rings (SSSR count). The predicted molar refractivity (Wildman–Crippen MR) is 71.4 cm³/mol. The molecular formula is C14H24N2. The maximum absolute atomic E-state index is 3.33. The third kappa shape index (κ3) is 5.17. The van der Waals surface area contributed by atoms with Crippen LogP contribution in [-0.4, -0.2) is 31.6 Å². The van der Waals surface area contributed by atoms with Crippen LogP contribution in [0.3, 0.4) is 0 Å². The van der Waals surface area contributed by atoms with E-state index in [4.69, 9.17) is 0 Å². The molecule has 1 aliphatic heterocycles. The average Bonchev–Trinajstić information content (AvgIpc) is 2.22. The Morgan fingerprint density at radius 1 is 1.31 bits per heavy atom. The van der Waals surface area contributed by atoms with Crippen molar-refractivity contribution in [2.75, 3.05) is 20.6 Å². The highest BCUT2D eigenvalue weighted by Gasteiger charge is 2.09. The zero-order chi connectivity index (χ0) is 11.8. The molecule has 0 fully saturated rings. The lowest BCUT2D eigenvalue weighted by atomic mass is 10.1. The van der Waals surface area contributed by atoms with Gasteiger partial charge in [0, 0.05) is 12.6 Å². The molecule has 0 amide bonds. The number of hydrogen-bond acceptors (Lipinski definition) is 2. The molecule has 1 atom stereocenters. The van der Waals surface area contributed by atoms with Crippen molar-refractivity contribution in [3.63, 3.8) is 0 Å². The minimum Gasteiger partial charge on any atom is -0.391 e. The predicted octanol–water partition coefficient (Wildman–Crippen LogP) is 2.71. The van der Waals surface area contributed by atoms with Crippen LogP contribution < -0.4 is 5.32 Å². The summed E-state index contributed by atoms with van der Waals surface area (Å²) in [4.78, 5) is 2.33. The number of nitrogens with zero attached hydrogens (tertiary/aromatic N) is 1. The Morgan fingerprint density at radius 2 is 2.12 bits per heavy atom. The van der Waals surface area contributed by atoms with Gasteiger partial charge < -0.3 is 10.2 Å². The van der Waals surface area contributed by atoms with E-state index in [2.05, 4.69) is 55.5 Å². The molecule has 0 aromatic heterocycles. The number of allylic oxidation sites excluding steroid dienone is 5. The molecule has 1 heterocycles. The molecule has 0 bridgehead atoms. The van der Waals surface area contributed by atoms with Gasteiger partial charge in [-0.25, -0.2) is 0 Å². The summed E-state index contributed by atoms with van der Waals surface area (Å²) in [5.41, 5.74) is 1.31. The van der Waals surface area contributed by atoms with Gasteiger partial charge in [-0.15, -0.1) is 0 Å². The van der Waals surface area contributed by atoms with Crippen LogP contribution in [-0.2, 0) is 0 Å².